The van der Waals surface area contributed by atoms with Crippen LogP contribution < -0.4 is 0 Å². The van der Waals surface area contributed by atoms with Crippen molar-refractivity contribution in [1.82, 2.24) is 0 Å². The first-order chi connectivity index (χ1) is 6.72. The van der Waals surface area contributed by atoms with E-state index in [-0.39, 0.29) is 5.92 Å². The topological polar surface area (TPSA) is 37.3 Å². The molecule has 1 N–H and O–H groups in total. The van der Waals surface area contributed by atoms with Gasteiger partial charge in [0.2, 0.25) is 0 Å². The van der Waals surface area contributed by atoms with Gasteiger partial charge in [-0.05, 0) is 48.9 Å². The van der Waals surface area contributed by atoms with Gasteiger partial charge in [0, 0.05) is 5.92 Å². The van der Waals surface area contributed by atoms with Crippen molar-refractivity contribution in [3.8, 4) is 5.75 Å². The second-order valence-electron chi connectivity index (χ2n) is 3.97. The zero-order chi connectivity index (χ0) is 10.1. The van der Waals surface area contributed by atoms with Gasteiger partial charge in [-0.25, -0.2) is 0 Å². The summed E-state index contributed by atoms with van der Waals surface area (Å²) in [5, 5.41) is 9.55. The van der Waals surface area contributed by atoms with Crippen LogP contribution in [0.2, 0.25) is 0 Å². The van der Waals surface area contributed by atoms with E-state index in [1.165, 1.54) is 0 Å². The van der Waals surface area contributed by atoms with E-state index in [9.17, 15) is 9.90 Å². The molecule has 1 aromatic rings. The van der Waals surface area contributed by atoms with E-state index in [1.807, 2.05) is 13.0 Å². The van der Waals surface area contributed by atoms with Crippen LogP contribution in [0.3, 0.4) is 0 Å². The first-order valence-electron chi connectivity index (χ1n) is 5.00. The van der Waals surface area contributed by atoms with Crippen LogP contribution in [0.15, 0.2) is 12.1 Å². The lowest BCUT2D eigenvalue weighted by molar-refractivity contribution is -0.109. The molecule has 2 rings (SSSR count). The second kappa shape index (κ2) is 3.45. The Morgan fingerprint density at radius 3 is 3.00 bits per heavy atom. The number of rotatable bonds is 1. The van der Waals surface area contributed by atoms with E-state index in [0.717, 1.165) is 42.2 Å². The third-order valence-electron chi connectivity index (χ3n) is 2.98. The summed E-state index contributed by atoms with van der Waals surface area (Å²) >= 11 is 0. The van der Waals surface area contributed by atoms with Gasteiger partial charge in [-0.3, -0.25) is 0 Å². The Morgan fingerprint density at radius 1 is 1.50 bits per heavy atom. The minimum atomic E-state index is 0.0399. The third-order valence-corrected chi connectivity index (χ3v) is 2.98. The first kappa shape index (κ1) is 9.25. The molecule has 1 aliphatic carbocycles. The molecular weight excluding hydrogens is 176 g/mol. The van der Waals surface area contributed by atoms with Gasteiger partial charge in [0.25, 0.3) is 0 Å². The van der Waals surface area contributed by atoms with E-state index in [4.69, 9.17) is 0 Å². The fourth-order valence-corrected chi connectivity index (χ4v) is 2.13. The molecule has 0 aliphatic heterocycles. The van der Waals surface area contributed by atoms with Crippen molar-refractivity contribution in [3.05, 3.63) is 28.8 Å². The number of hydrogen-bond donors (Lipinski definition) is 1. The number of benzene rings is 1. The highest BCUT2D eigenvalue weighted by Gasteiger charge is 2.20. The van der Waals surface area contributed by atoms with E-state index >= 15 is 0 Å². The minimum Gasteiger partial charge on any atom is -0.508 e. The van der Waals surface area contributed by atoms with Crippen molar-refractivity contribution < 1.29 is 9.90 Å². The lowest BCUT2D eigenvalue weighted by Crippen LogP contribution is -2.11. The van der Waals surface area contributed by atoms with Crippen LogP contribution in [0.4, 0.5) is 0 Å². The van der Waals surface area contributed by atoms with Gasteiger partial charge in [0.15, 0.2) is 0 Å². The fraction of sp³-hybridized carbons (Fsp3) is 0.417. The lowest BCUT2D eigenvalue weighted by atomic mass is 9.83. The van der Waals surface area contributed by atoms with Gasteiger partial charge in [-0.15, -0.1) is 0 Å². The Labute approximate surface area is 83.6 Å². The molecule has 0 saturated heterocycles. The summed E-state index contributed by atoms with van der Waals surface area (Å²) in [5.41, 5.74) is 3.11. The molecule has 0 aromatic heterocycles. The van der Waals surface area contributed by atoms with Gasteiger partial charge in [-0.1, -0.05) is 6.07 Å². The number of phenols is 1. The first-order valence-corrected chi connectivity index (χ1v) is 5.00. The summed E-state index contributed by atoms with van der Waals surface area (Å²) in [6.45, 7) is 1.87. The Kier molecular flexibility index (Phi) is 2.28. The number of aryl methyl sites for hydroxylation is 2. The van der Waals surface area contributed by atoms with Gasteiger partial charge in [0.1, 0.15) is 12.0 Å². The fourth-order valence-electron chi connectivity index (χ4n) is 2.13. The summed E-state index contributed by atoms with van der Waals surface area (Å²) in [7, 11) is 0. The molecule has 74 valence electrons. The molecule has 2 heteroatoms. The van der Waals surface area contributed by atoms with Crippen LogP contribution >= 0.6 is 0 Å². The number of hydrogen-bond acceptors (Lipinski definition) is 2. The average Bonchev–Trinajstić information content (AvgIpc) is 2.19. The summed E-state index contributed by atoms with van der Waals surface area (Å²) in [5.74, 6) is 0.383. The molecule has 1 aromatic carbocycles. The zero-order valence-corrected chi connectivity index (χ0v) is 8.29. The van der Waals surface area contributed by atoms with Gasteiger partial charge in [0.05, 0.1) is 0 Å². The van der Waals surface area contributed by atoms with E-state index in [2.05, 4.69) is 0 Å². The van der Waals surface area contributed by atoms with Gasteiger partial charge in [-0.2, -0.15) is 0 Å². The quantitative estimate of drug-likeness (QED) is 0.690. The normalized spacial score (nSPS) is 20.2. The maximum absolute atomic E-state index is 10.9. The number of fused-ring (bicyclic) bond motifs is 1. The predicted octanol–water partition coefficient (Wildman–Crippen LogP) is 2.32. The van der Waals surface area contributed by atoms with Crippen molar-refractivity contribution in [3.63, 3.8) is 0 Å². The lowest BCUT2D eigenvalue weighted by Gasteiger charge is -2.22. The van der Waals surface area contributed by atoms with Crippen LogP contribution in [-0.4, -0.2) is 11.4 Å². The molecule has 0 heterocycles. The van der Waals surface area contributed by atoms with Crippen molar-refractivity contribution >= 4 is 6.29 Å². The van der Waals surface area contributed by atoms with Crippen molar-refractivity contribution in [1.29, 1.82) is 0 Å². The largest absolute Gasteiger partial charge is 0.508 e. The monoisotopic (exact) mass is 190 g/mol. The van der Waals surface area contributed by atoms with Gasteiger partial charge >= 0.3 is 0 Å². The highest BCUT2D eigenvalue weighted by atomic mass is 16.3. The molecule has 1 atom stereocenters. The zero-order valence-electron chi connectivity index (χ0n) is 8.29. The van der Waals surface area contributed by atoms with Crippen LogP contribution in [0.1, 0.15) is 35.4 Å². The molecule has 0 saturated carbocycles. The van der Waals surface area contributed by atoms with E-state index in [1.54, 1.807) is 6.07 Å². The summed E-state index contributed by atoms with van der Waals surface area (Å²) in [6.07, 6.45) is 3.99. The van der Waals surface area contributed by atoms with Crippen molar-refractivity contribution in [2.24, 2.45) is 0 Å². The second-order valence-corrected chi connectivity index (χ2v) is 3.97. The average molecular weight is 190 g/mol. The predicted molar refractivity (Wildman–Crippen MR) is 54.6 cm³/mol. The van der Waals surface area contributed by atoms with Gasteiger partial charge < -0.3 is 9.90 Å². The van der Waals surface area contributed by atoms with E-state index < -0.39 is 0 Å². The highest BCUT2D eigenvalue weighted by molar-refractivity contribution is 5.65. The third kappa shape index (κ3) is 1.41. The Morgan fingerprint density at radius 2 is 2.29 bits per heavy atom. The van der Waals surface area contributed by atoms with Crippen LogP contribution in [0.25, 0.3) is 0 Å². The van der Waals surface area contributed by atoms with Crippen LogP contribution in [0.5, 0.6) is 5.75 Å². The Hall–Kier alpha value is -1.31. The summed E-state index contributed by atoms with van der Waals surface area (Å²) in [6, 6.07) is 3.75. The summed E-state index contributed by atoms with van der Waals surface area (Å²) in [4.78, 5) is 10.9. The maximum Gasteiger partial charge on any atom is 0.127 e. The standard InChI is InChI=1S/C12H14O2/c1-8-5-11-9(6-12(8)14)3-2-4-10(11)7-13/h5-7,10,14H,2-4H2,1H3. The number of aldehydes is 1. The molecule has 0 fully saturated rings. The minimum absolute atomic E-state index is 0.0399. The SMILES string of the molecule is Cc1cc2c(cc1O)CCCC2C=O. The number of carbonyl (C=O) groups excluding carboxylic acids is 1. The maximum atomic E-state index is 10.9. The van der Waals surface area contributed by atoms with Crippen LogP contribution in [0, 0.1) is 6.92 Å². The number of phenolic OH excluding ortho intramolecular Hbond substituents is 1. The number of aromatic hydroxyl groups is 1. The van der Waals surface area contributed by atoms with Crippen LogP contribution in [-0.2, 0) is 11.2 Å². The highest BCUT2D eigenvalue weighted by Crippen LogP contribution is 2.33. The van der Waals surface area contributed by atoms with Crippen molar-refractivity contribution in [2.75, 3.05) is 0 Å². The molecule has 14 heavy (non-hydrogen) atoms. The molecular formula is C12H14O2. The molecule has 0 spiro atoms. The molecule has 1 unspecified atom stereocenters. The molecule has 0 radical (unpaired) electrons. The molecule has 2 nitrogen and oxygen atoms in total. The molecule has 0 bridgehead atoms. The Balaban J connectivity index is 2.52. The number of carbonyl (C=O) groups is 1. The molecule has 1 aliphatic rings. The van der Waals surface area contributed by atoms with Crippen molar-refractivity contribution in [2.45, 2.75) is 32.1 Å². The molecule has 0 amide bonds. The van der Waals surface area contributed by atoms with E-state index in [0.29, 0.717) is 5.75 Å². The smallest absolute Gasteiger partial charge is 0.127 e. The summed E-state index contributed by atoms with van der Waals surface area (Å²) < 4.78 is 0. The Bertz CT molecular complexity index is 369.